The van der Waals surface area contributed by atoms with Crippen molar-refractivity contribution in [3.63, 3.8) is 0 Å². The van der Waals surface area contributed by atoms with Crippen LogP contribution in [0.5, 0.6) is 0 Å². The second-order valence-electron chi connectivity index (χ2n) is 6.07. The second kappa shape index (κ2) is 8.63. The van der Waals surface area contributed by atoms with Crippen molar-refractivity contribution in [2.45, 2.75) is 19.5 Å². The Morgan fingerprint density at radius 3 is 2.65 bits per heavy atom. The first kappa shape index (κ1) is 18.1. The molecule has 3 aromatic rings. The highest BCUT2D eigenvalue weighted by Gasteiger charge is 2.07. The van der Waals surface area contributed by atoms with Gasteiger partial charge in [-0.25, -0.2) is 0 Å². The Hall–Kier alpha value is -2.66. The first-order chi connectivity index (χ1) is 12.6. The van der Waals surface area contributed by atoms with Crippen LogP contribution in [0.1, 0.15) is 29.7 Å². The van der Waals surface area contributed by atoms with Crippen LogP contribution in [0.25, 0.3) is 6.08 Å². The molecule has 0 aliphatic rings. The molecule has 5 heteroatoms. The molecule has 0 aliphatic carbocycles. The molecule has 1 N–H and O–H groups in total. The van der Waals surface area contributed by atoms with Crippen molar-refractivity contribution in [3.8, 4) is 0 Å². The molecule has 26 heavy (non-hydrogen) atoms. The van der Waals surface area contributed by atoms with Crippen molar-refractivity contribution in [2.75, 3.05) is 0 Å². The highest BCUT2D eigenvalue weighted by atomic mass is 79.9. The van der Waals surface area contributed by atoms with E-state index in [1.54, 1.807) is 18.3 Å². The molecule has 0 bridgehead atoms. The van der Waals surface area contributed by atoms with E-state index in [1.165, 1.54) is 5.56 Å². The topological polar surface area (TPSA) is 46.9 Å². The molecule has 0 aliphatic heterocycles. The predicted molar refractivity (Wildman–Crippen MR) is 108 cm³/mol. The molecule has 0 radical (unpaired) electrons. The Kier molecular flexibility index (Phi) is 6.02. The first-order valence-electron chi connectivity index (χ1n) is 8.40. The maximum atomic E-state index is 12.1. The highest BCUT2D eigenvalue weighted by molar-refractivity contribution is 9.10. The van der Waals surface area contributed by atoms with Crippen molar-refractivity contribution in [3.05, 3.63) is 94.2 Å². The average Bonchev–Trinajstić information content (AvgIpc) is 3.09. The molecule has 0 saturated heterocycles. The van der Waals surface area contributed by atoms with Crippen molar-refractivity contribution in [2.24, 2.45) is 0 Å². The van der Waals surface area contributed by atoms with Crippen molar-refractivity contribution in [1.82, 2.24) is 15.1 Å². The first-order valence-corrected chi connectivity index (χ1v) is 9.20. The molecule has 1 heterocycles. The number of rotatable bonds is 6. The molecule has 0 unspecified atom stereocenters. The van der Waals surface area contributed by atoms with E-state index < -0.39 is 0 Å². The van der Waals surface area contributed by atoms with Crippen LogP contribution in [-0.2, 0) is 11.3 Å². The van der Waals surface area contributed by atoms with Crippen LogP contribution < -0.4 is 5.32 Å². The zero-order chi connectivity index (χ0) is 18.4. The van der Waals surface area contributed by atoms with Gasteiger partial charge in [0, 0.05) is 22.3 Å². The van der Waals surface area contributed by atoms with Gasteiger partial charge in [0.1, 0.15) is 0 Å². The smallest absolute Gasteiger partial charge is 0.244 e. The molecule has 0 saturated carbocycles. The molecule has 3 rings (SSSR count). The number of aromatic nitrogens is 2. The summed E-state index contributed by atoms with van der Waals surface area (Å²) in [6.45, 7) is 2.67. The van der Waals surface area contributed by atoms with Gasteiger partial charge >= 0.3 is 0 Å². The van der Waals surface area contributed by atoms with Crippen LogP contribution in [0.4, 0.5) is 0 Å². The van der Waals surface area contributed by atoms with Gasteiger partial charge in [0.2, 0.25) is 5.91 Å². The molecule has 132 valence electrons. The number of halogens is 1. The Morgan fingerprint density at radius 2 is 1.92 bits per heavy atom. The van der Waals surface area contributed by atoms with Gasteiger partial charge in [0.25, 0.3) is 0 Å². The van der Waals surface area contributed by atoms with Gasteiger partial charge in [-0.1, -0.05) is 58.4 Å². The molecule has 1 aromatic heterocycles. The fourth-order valence-electron chi connectivity index (χ4n) is 2.59. The minimum atomic E-state index is -0.128. The van der Waals surface area contributed by atoms with E-state index in [2.05, 4.69) is 38.5 Å². The molecule has 2 aromatic carbocycles. The van der Waals surface area contributed by atoms with Crippen molar-refractivity contribution < 1.29 is 4.79 Å². The SMILES string of the molecule is C[C@H](NC(=O)/C=C/c1cnn(Cc2ccccc2)c1)c1ccc(Br)cc1. The third-order valence-electron chi connectivity index (χ3n) is 4.00. The molecule has 1 amide bonds. The summed E-state index contributed by atoms with van der Waals surface area (Å²) in [7, 11) is 0. The van der Waals surface area contributed by atoms with Crippen molar-refractivity contribution in [1.29, 1.82) is 0 Å². The summed E-state index contributed by atoms with van der Waals surface area (Å²) in [6.07, 6.45) is 7.00. The van der Waals surface area contributed by atoms with E-state index in [9.17, 15) is 4.79 Å². The monoisotopic (exact) mass is 409 g/mol. The quantitative estimate of drug-likeness (QED) is 0.605. The number of amides is 1. The van der Waals surface area contributed by atoms with E-state index in [-0.39, 0.29) is 11.9 Å². The van der Waals surface area contributed by atoms with Crippen LogP contribution in [0.15, 0.2) is 77.5 Å². The summed E-state index contributed by atoms with van der Waals surface area (Å²) in [4.78, 5) is 12.1. The maximum absolute atomic E-state index is 12.1. The Labute approximate surface area is 161 Å². The Morgan fingerprint density at radius 1 is 1.19 bits per heavy atom. The largest absolute Gasteiger partial charge is 0.346 e. The summed E-state index contributed by atoms with van der Waals surface area (Å²) in [6, 6.07) is 18.0. The predicted octanol–water partition coefficient (Wildman–Crippen LogP) is 4.58. The van der Waals surface area contributed by atoms with E-state index >= 15 is 0 Å². The number of carbonyl (C=O) groups is 1. The minimum Gasteiger partial charge on any atom is -0.346 e. The van der Waals surface area contributed by atoms with Gasteiger partial charge in [-0.2, -0.15) is 5.10 Å². The Balaban J connectivity index is 1.55. The van der Waals surface area contributed by atoms with E-state index in [1.807, 2.05) is 60.3 Å². The maximum Gasteiger partial charge on any atom is 0.244 e. The van der Waals surface area contributed by atoms with Crippen LogP contribution in [0.2, 0.25) is 0 Å². The molecule has 4 nitrogen and oxygen atoms in total. The van der Waals surface area contributed by atoms with Crippen LogP contribution in [0.3, 0.4) is 0 Å². The molecular weight excluding hydrogens is 390 g/mol. The van der Waals surface area contributed by atoms with Gasteiger partial charge in [-0.15, -0.1) is 0 Å². The molecule has 0 spiro atoms. The lowest BCUT2D eigenvalue weighted by molar-refractivity contribution is -0.117. The number of nitrogens with zero attached hydrogens (tertiary/aromatic N) is 2. The summed E-state index contributed by atoms with van der Waals surface area (Å²) in [5, 5.41) is 7.30. The summed E-state index contributed by atoms with van der Waals surface area (Å²) >= 11 is 3.41. The Bertz CT molecular complexity index is 885. The molecule has 1 atom stereocenters. The minimum absolute atomic E-state index is 0.0546. The average molecular weight is 410 g/mol. The normalized spacial score (nSPS) is 12.2. The van der Waals surface area contributed by atoms with Crippen molar-refractivity contribution >= 4 is 27.9 Å². The van der Waals surface area contributed by atoms with Gasteiger partial charge in [0.15, 0.2) is 0 Å². The standard InChI is InChI=1S/C21H20BrN3O/c1-16(19-8-10-20(22)11-9-19)24-21(26)12-7-18-13-23-25(15-18)14-17-5-3-2-4-6-17/h2-13,15-16H,14H2,1H3,(H,24,26)/b12-7+/t16-/m0/s1. The third-order valence-corrected chi connectivity index (χ3v) is 4.53. The van der Waals surface area contributed by atoms with E-state index in [0.717, 1.165) is 15.6 Å². The fraction of sp³-hybridized carbons (Fsp3) is 0.143. The zero-order valence-corrected chi connectivity index (χ0v) is 16.1. The summed E-state index contributed by atoms with van der Waals surface area (Å²) in [5.74, 6) is -0.128. The van der Waals surface area contributed by atoms with Crippen LogP contribution in [0, 0.1) is 0 Å². The summed E-state index contributed by atoms with van der Waals surface area (Å²) < 4.78 is 2.88. The van der Waals surface area contributed by atoms with E-state index in [0.29, 0.717) is 6.54 Å². The number of hydrogen-bond acceptors (Lipinski definition) is 2. The van der Waals surface area contributed by atoms with E-state index in [4.69, 9.17) is 0 Å². The van der Waals surface area contributed by atoms with Crippen LogP contribution >= 0.6 is 15.9 Å². The van der Waals surface area contributed by atoms with Gasteiger partial charge in [-0.05, 0) is 36.3 Å². The van der Waals surface area contributed by atoms with Gasteiger partial charge in [0.05, 0.1) is 18.8 Å². The van der Waals surface area contributed by atoms with Gasteiger partial charge < -0.3 is 5.32 Å². The number of nitrogens with one attached hydrogen (secondary N) is 1. The second-order valence-corrected chi connectivity index (χ2v) is 6.99. The molecular formula is C21H20BrN3O. The zero-order valence-electron chi connectivity index (χ0n) is 14.5. The molecule has 0 fully saturated rings. The lowest BCUT2D eigenvalue weighted by Gasteiger charge is -2.12. The fourth-order valence-corrected chi connectivity index (χ4v) is 2.86. The number of hydrogen-bond donors (Lipinski definition) is 1. The van der Waals surface area contributed by atoms with Crippen LogP contribution in [-0.4, -0.2) is 15.7 Å². The summed E-state index contributed by atoms with van der Waals surface area (Å²) in [5.41, 5.74) is 3.14. The highest BCUT2D eigenvalue weighted by Crippen LogP contribution is 2.16. The third kappa shape index (κ3) is 5.17. The lowest BCUT2D eigenvalue weighted by atomic mass is 10.1. The number of benzene rings is 2. The lowest BCUT2D eigenvalue weighted by Crippen LogP contribution is -2.24. The van der Waals surface area contributed by atoms with Gasteiger partial charge in [-0.3, -0.25) is 9.48 Å². The number of carbonyl (C=O) groups excluding carboxylic acids is 1.